The van der Waals surface area contributed by atoms with Gasteiger partial charge < -0.3 is 19.5 Å². The number of halogens is 2. The summed E-state index contributed by atoms with van der Waals surface area (Å²) in [4.78, 5) is 35.2. The number of hydrogen-bond donors (Lipinski definition) is 1. The second-order valence-corrected chi connectivity index (χ2v) is 7.77. The van der Waals surface area contributed by atoms with Gasteiger partial charge in [-0.25, -0.2) is 13.8 Å². The third-order valence-corrected chi connectivity index (χ3v) is 5.76. The number of aromatic amines is 1. The number of hydrogen-bond acceptors (Lipinski definition) is 5. The van der Waals surface area contributed by atoms with E-state index in [9.17, 15) is 18.4 Å². The van der Waals surface area contributed by atoms with Crippen molar-refractivity contribution in [2.24, 2.45) is 0 Å². The van der Waals surface area contributed by atoms with E-state index in [1.165, 1.54) is 11.1 Å². The quantitative estimate of drug-likeness (QED) is 0.680. The van der Waals surface area contributed by atoms with Crippen LogP contribution in [-0.2, 0) is 0 Å². The number of pyridine rings is 2. The summed E-state index contributed by atoms with van der Waals surface area (Å²) in [5.41, 5.74) is 1.02. The molecule has 3 aromatic rings. The molecule has 0 unspecified atom stereocenters. The lowest BCUT2D eigenvalue weighted by Gasteiger charge is -2.33. The highest BCUT2D eigenvalue weighted by atomic mass is 19.3. The van der Waals surface area contributed by atoms with Crippen LogP contribution in [-0.4, -0.2) is 52.9 Å². The van der Waals surface area contributed by atoms with E-state index < -0.39 is 5.92 Å². The molecule has 1 saturated heterocycles. The SMILES string of the molecule is O=C(c1cnc2c(c1)OCCN2c1ccc2c(=O)[nH]ccc2c1)N1CCC(F)(F)CC1. The largest absolute Gasteiger partial charge is 0.488 e. The molecule has 4 heterocycles. The van der Waals surface area contributed by atoms with Crippen molar-refractivity contribution in [1.82, 2.24) is 14.9 Å². The van der Waals surface area contributed by atoms with Crippen LogP contribution >= 0.6 is 0 Å². The number of fused-ring (bicyclic) bond motifs is 2. The topological polar surface area (TPSA) is 78.5 Å². The average molecular weight is 426 g/mol. The van der Waals surface area contributed by atoms with Crippen molar-refractivity contribution >= 4 is 28.2 Å². The number of amides is 1. The molecule has 2 aromatic heterocycles. The Balaban J connectivity index is 1.43. The monoisotopic (exact) mass is 426 g/mol. The zero-order valence-electron chi connectivity index (χ0n) is 16.6. The van der Waals surface area contributed by atoms with Gasteiger partial charge in [0, 0.05) is 49.4 Å². The Hall–Kier alpha value is -3.49. The third kappa shape index (κ3) is 3.60. The van der Waals surface area contributed by atoms with Gasteiger partial charge in [-0.15, -0.1) is 0 Å². The van der Waals surface area contributed by atoms with Gasteiger partial charge in [0.25, 0.3) is 17.4 Å². The average Bonchev–Trinajstić information content (AvgIpc) is 2.78. The van der Waals surface area contributed by atoms with Gasteiger partial charge in [-0.2, -0.15) is 0 Å². The van der Waals surface area contributed by atoms with Crippen LogP contribution in [0.5, 0.6) is 5.75 Å². The second kappa shape index (κ2) is 7.33. The van der Waals surface area contributed by atoms with Crippen LogP contribution in [0.1, 0.15) is 23.2 Å². The maximum absolute atomic E-state index is 13.4. The van der Waals surface area contributed by atoms with Gasteiger partial charge in [-0.3, -0.25) is 9.59 Å². The second-order valence-electron chi connectivity index (χ2n) is 7.77. The number of benzene rings is 1. The maximum Gasteiger partial charge on any atom is 0.255 e. The molecule has 0 radical (unpaired) electrons. The lowest BCUT2D eigenvalue weighted by molar-refractivity contribution is -0.0494. The molecule has 2 aliphatic heterocycles. The van der Waals surface area contributed by atoms with Crippen LogP contribution in [0.15, 0.2) is 47.5 Å². The summed E-state index contributed by atoms with van der Waals surface area (Å²) in [6.07, 6.45) is 2.41. The highest BCUT2D eigenvalue weighted by molar-refractivity contribution is 5.95. The van der Waals surface area contributed by atoms with E-state index in [1.54, 1.807) is 18.3 Å². The van der Waals surface area contributed by atoms with E-state index in [0.29, 0.717) is 35.7 Å². The lowest BCUT2D eigenvalue weighted by Crippen LogP contribution is -2.42. The number of aromatic nitrogens is 2. The van der Waals surface area contributed by atoms with Crippen molar-refractivity contribution in [3.8, 4) is 5.75 Å². The predicted molar refractivity (Wildman–Crippen MR) is 111 cm³/mol. The number of nitrogens with one attached hydrogen (secondary N) is 1. The van der Waals surface area contributed by atoms with Crippen LogP contribution in [0.4, 0.5) is 20.3 Å². The Morgan fingerprint density at radius 1 is 1.13 bits per heavy atom. The minimum Gasteiger partial charge on any atom is -0.488 e. The Morgan fingerprint density at radius 2 is 1.94 bits per heavy atom. The molecule has 0 saturated carbocycles. The first-order chi connectivity index (χ1) is 14.9. The molecular weight excluding hydrogens is 406 g/mol. The van der Waals surface area contributed by atoms with Gasteiger partial charge in [0.2, 0.25) is 0 Å². The van der Waals surface area contributed by atoms with Crippen molar-refractivity contribution in [2.45, 2.75) is 18.8 Å². The molecule has 2 aliphatic rings. The third-order valence-electron chi connectivity index (χ3n) is 5.76. The number of likely N-dealkylation sites (tertiary alicyclic amines) is 1. The molecule has 0 spiro atoms. The van der Waals surface area contributed by atoms with Crippen molar-refractivity contribution in [1.29, 1.82) is 0 Å². The molecule has 7 nitrogen and oxygen atoms in total. The summed E-state index contributed by atoms with van der Waals surface area (Å²) in [7, 11) is 0. The molecule has 1 aromatic carbocycles. The molecule has 9 heteroatoms. The number of anilines is 2. The zero-order chi connectivity index (χ0) is 21.6. The van der Waals surface area contributed by atoms with Gasteiger partial charge >= 0.3 is 0 Å². The number of H-pyrrole nitrogens is 1. The first kappa shape index (κ1) is 19.5. The molecule has 0 atom stereocenters. The minimum absolute atomic E-state index is 0.0200. The number of nitrogens with zero attached hydrogens (tertiary/aromatic N) is 3. The number of alkyl halides is 2. The first-order valence-corrected chi connectivity index (χ1v) is 10.1. The van der Waals surface area contributed by atoms with Gasteiger partial charge in [0.05, 0.1) is 12.1 Å². The van der Waals surface area contributed by atoms with E-state index in [0.717, 1.165) is 11.1 Å². The molecule has 1 amide bonds. The lowest BCUT2D eigenvalue weighted by atomic mass is 10.1. The first-order valence-electron chi connectivity index (χ1n) is 10.1. The fourth-order valence-corrected chi connectivity index (χ4v) is 4.03. The molecule has 1 N–H and O–H groups in total. The maximum atomic E-state index is 13.4. The molecule has 160 valence electrons. The number of carbonyl (C=O) groups is 1. The van der Waals surface area contributed by atoms with E-state index >= 15 is 0 Å². The van der Waals surface area contributed by atoms with E-state index in [-0.39, 0.29) is 37.4 Å². The van der Waals surface area contributed by atoms with Crippen molar-refractivity contribution in [3.63, 3.8) is 0 Å². The van der Waals surface area contributed by atoms with Crippen LogP contribution in [0.3, 0.4) is 0 Å². The zero-order valence-corrected chi connectivity index (χ0v) is 16.6. The van der Waals surface area contributed by atoms with Gasteiger partial charge in [0.15, 0.2) is 11.6 Å². The number of rotatable bonds is 2. The van der Waals surface area contributed by atoms with Crippen molar-refractivity contribution in [3.05, 3.63) is 58.6 Å². The summed E-state index contributed by atoms with van der Waals surface area (Å²) < 4.78 is 32.5. The highest BCUT2D eigenvalue weighted by Crippen LogP contribution is 2.36. The number of piperidine rings is 1. The van der Waals surface area contributed by atoms with Crippen molar-refractivity contribution in [2.75, 3.05) is 31.1 Å². The van der Waals surface area contributed by atoms with Gasteiger partial charge in [0.1, 0.15) is 6.61 Å². The molecule has 31 heavy (non-hydrogen) atoms. The summed E-state index contributed by atoms with van der Waals surface area (Å²) in [5, 5.41) is 1.41. The Labute approximate surface area is 176 Å². The van der Waals surface area contributed by atoms with E-state index in [4.69, 9.17) is 4.74 Å². The summed E-state index contributed by atoms with van der Waals surface area (Å²) in [6, 6.07) is 8.98. The Bertz CT molecular complexity index is 1220. The molecular formula is C22H20F2N4O3. The Kier molecular flexibility index (Phi) is 4.60. The molecule has 5 rings (SSSR count). The van der Waals surface area contributed by atoms with Crippen LogP contribution < -0.4 is 15.2 Å². The summed E-state index contributed by atoms with van der Waals surface area (Å²) >= 11 is 0. The fourth-order valence-electron chi connectivity index (χ4n) is 4.03. The minimum atomic E-state index is -2.71. The molecule has 0 aliphatic carbocycles. The van der Waals surface area contributed by atoms with Gasteiger partial charge in [-0.05, 0) is 35.7 Å². The predicted octanol–water partition coefficient (Wildman–Crippen LogP) is 3.32. The van der Waals surface area contributed by atoms with Gasteiger partial charge in [-0.1, -0.05) is 0 Å². The number of ether oxygens (including phenoxy) is 1. The van der Waals surface area contributed by atoms with Crippen LogP contribution in [0.25, 0.3) is 10.8 Å². The van der Waals surface area contributed by atoms with E-state index in [1.807, 2.05) is 23.1 Å². The fraction of sp³-hybridized carbons (Fsp3) is 0.318. The highest BCUT2D eigenvalue weighted by Gasteiger charge is 2.36. The normalized spacial score (nSPS) is 17.9. The van der Waals surface area contributed by atoms with Crippen LogP contribution in [0, 0.1) is 0 Å². The smallest absolute Gasteiger partial charge is 0.255 e. The standard InChI is InChI=1S/C22H20F2N4O3/c23-22(24)4-7-27(8-5-22)21(30)15-12-18-19(26-13-15)28(9-10-31-18)16-1-2-17-14(11-16)3-6-25-20(17)29/h1-3,6,11-13H,4-5,7-10H2,(H,25,29). The molecule has 0 bridgehead atoms. The summed E-state index contributed by atoms with van der Waals surface area (Å²) in [5.74, 6) is -2.00. The molecule has 1 fully saturated rings. The Morgan fingerprint density at radius 3 is 2.74 bits per heavy atom. The van der Waals surface area contributed by atoms with E-state index in [2.05, 4.69) is 9.97 Å². The van der Waals surface area contributed by atoms with Crippen LogP contribution in [0.2, 0.25) is 0 Å². The van der Waals surface area contributed by atoms with Crippen molar-refractivity contribution < 1.29 is 18.3 Å². The summed E-state index contributed by atoms with van der Waals surface area (Å²) in [6.45, 7) is 0.997. The number of carbonyl (C=O) groups excluding carboxylic acids is 1.